The van der Waals surface area contributed by atoms with Crippen molar-refractivity contribution in [2.45, 2.75) is 85.4 Å². The Morgan fingerprint density at radius 3 is 2.19 bits per heavy atom. The Labute approximate surface area is 184 Å². The minimum atomic E-state index is -1.06. The lowest BCUT2D eigenvalue weighted by Gasteiger charge is -2.36. The second kappa shape index (κ2) is 13.2. The second-order valence-corrected chi connectivity index (χ2v) is 8.92. The molecular formula is C22H37NO8. The van der Waals surface area contributed by atoms with Crippen molar-refractivity contribution in [2.24, 2.45) is 17.3 Å². The van der Waals surface area contributed by atoms with Crippen molar-refractivity contribution in [1.82, 2.24) is 5.32 Å². The van der Waals surface area contributed by atoms with Crippen molar-refractivity contribution in [2.75, 3.05) is 13.2 Å². The van der Waals surface area contributed by atoms with Crippen LogP contribution in [0.3, 0.4) is 0 Å². The third-order valence-electron chi connectivity index (χ3n) is 5.30. The zero-order valence-corrected chi connectivity index (χ0v) is 19.1. The molecule has 0 heterocycles. The van der Waals surface area contributed by atoms with Crippen LogP contribution < -0.4 is 5.32 Å². The summed E-state index contributed by atoms with van der Waals surface area (Å²) in [5, 5.41) is 11.9. The van der Waals surface area contributed by atoms with Gasteiger partial charge in [0.05, 0.1) is 18.9 Å². The molecule has 0 spiro atoms. The molecule has 1 rings (SSSR count). The Morgan fingerprint density at radius 1 is 1.00 bits per heavy atom. The highest BCUT2D eigenvalue weighted by molar-refractivity contribution is 5.72. The molecule has 178 valence electrons. The van der Waals surface area contributed by atoms with Crippen LogP contribution in [0.1, 0.15) is 79.1 Å². The van der Waals surface area contributed by atoms with Crippen LogP contribution in [0.2, 0.25) is 0 Å². The number of amides is 1. The van der Waals surface area contributed by atoms with Gasteiger partial charge in [-0.3, -0.25) is 14.4 Å². The lowest BCUT2D eigenvalue weighted by Crippen LogP contribution is -2.42. The number of hydrogen-bond donors (Lipinski definition) is 2. The minimum Gasteiger partial charge on any atom is -0.481 e. The number of ether oxygens (including phenoxy) is 3. The number of nitrogens with one attached hydrogen (secondary N) is 1. The van der Waals surface area contributed by atoms with E-state index in [-0.39, 0.29) is 43.8 Å². The van der Waals surface area contributed by atoms with Crippen molar-refractivity contribution in [3.05, 3.63) is 0 Å². The molecule has 9 nitrogen and oxygen atoms in total. The topological polar surface area (TPSA) is 128 Å². The van der Waals surface area contributed by atoms with Gasteiger partial charge >= 0.3 is 24.0 Å². The fraction of sp³-hybridized carbons (Fsp3) is 0.818. The fourth-order valence-electron chi connectivity index (χ4n) is 3.49. The van der Waals surface area contributed by atoms with E-state index in [0.29, 0.717) is 6.42 Å². The highest BCUT2D eigenvalue weighted by Crippen LogP contribution is 2.38. The summed E-state index contributed by atoms with van der Waals surface area (Å²) in [6.07, 6.45) is 2.94. The molecule has 1 aliphatic carbocycles. The molecule has 2 N–H and O–H groups in total. The standard InChI is InChI=1S/C22H37NO8/c1-15(2)19(27)29-12-8-9-18(26)30-20(16(3)4)31-21(28)23-14-22(13-17(24)25)10-6-5-7-11-22/h15-16,20H,5-14H2,1-4H3,(H,23,28)(H,24,25). The lowest BCUT2D eigenvalue weighted by atomic mass is 9.72. The highest BCUT2D eigenvalue weighted by atomic mass is 16.7. The maximum absolute atomic E-state index is 12.3. The van der Waals surface area contributed by atoms with E-state index in [4.69, 9.17) is 14.2 Å². The van der Waals surface area contributed by atoms with E-state index in [1.54, 1.807) is 27.7 Å². The molecule has 0 bridgehead atoms. The number of hydrogen-bond acceptors (Lipinski definition) is 7. The van der Waals surface area contributed by atoms with Crippen LogP contribution in [0.5, 0.6) is 0 Å². The van der Waals surface area contributed by atoms with Crippen LogP contribution in [0.25, 0.3) is 0 Å². The third kappa shape index (κ3) is 10.5. The van der Waals surface area contributed by atoms with E-state index in [2.05, 4.69) is 5.32 Å². The van der Waals surface area contributed by atoms with Crippen LogP contribution in [0.15, 0.2) is 0 Å². The first-order valence-electron chi connectivity index (χ1n) is 11.1. The van der Waals surface area contributed by atoms with Gasteiger partial charge in [0.15, 0.2) is 0 Å². The van der Waals surface area contributed by atoms with Crippen LogP contribution >= 0.6 is 0 Å². The number of alkyl carbamates (subject to hydrolysis) is 1. The van der Waals surface area contributed by atoms with Gasteiger partial charge < -0.3 is 24.6 Å². The van der Waals surface area contributed by atoms with E-state index in [1.807, 2.05) is 0 Å². The highest BCUT2D eigenvalue weighted by Gasteiger charge is 2.35. The number of carboxylic acids is 1. The molecule has 0 aromatic rings. The summed E-state index contributed by atoms with van der Waals surface area (Å²) < 4.78 is 15.5. The summed E-state index contributed by atoms with van der Waals surface area (Å²) >= 11 is 0. The van der Waals surface area contributed by atoms with E-state index in [0.717, 1.165) is 32.1 Å². The first-order valence-corrected chi connectivity index (χ1v) is 11.1. The number of carbonyl (C=O) groups is 4. The number of aliphatic carboxylic acids is 1. The monoisotopic (exact) mass is 443 g/mol. The average Bonchev–Trinajstić information content (AvgIpc) is 2.69. The van der Waals surface area contributed by atoms with E-state index >= 15 is 0 Å². The van der Waals surface area contributed by atoms with Crippen LogP contribution in [0.4, 0.5) is 4.79 Å². The normalized spacial score (nSPS) is 16.5. The Kier molecular flexibility index (Phi) is 11.3. The Bertz CT molecular complexity index is 611. The molecule has 1 aliphatic rings. The minimum absolute atomic E-state index is 0.00272. The number of carbonyl (C=O) groups excluding carboxylic acids is 3. The molecule has 1 amide bonds. The fourth-order valence-corrected chi connectivity index (χ4v) is 3.49. The quantitative estimate of drug-likeness (QED) is 0.266. The van der Waals surface area contributed by atoms with Crippen molar-refractivity contribution >= 4 is 24.0 Å². The van der Waals surface area contributed by atoms with Gasteiger partial charge in [0, 0.05) is 18.9 Å². The van der Waals surface area contributed by atoms with Gasteiger partial charge in [-0.15, -0.1) is 0 Å². The molecule has 1 fully saturated rings. The van der Waals surface area contributed by atoms with Crippen molar-refractivity contribution in [3.8, 4) is 0 Å². The van der Waals surface area contributed by atoms with Crippen LogP contribution in [-0.4, -0.2) is 48.5 Å². The largest absolute Gasteiger partial charge is 0.481 e. The van der Waals surface area contributed by atoms with Gasteiger partial charge in [-0.1, -0.05) is 47.0 Å². The predicted octanol–water partition coefficient (Wildman–Crippen LogP) is 3.64. The van der Waals surface area contributed by atoms with Gasteiger partial charge in [-0.05, 0) is 24.7 Å². The number of rotatable bonds is 12. The van der Waals surface area contributed by atoms with Crippen molar-refractivity contribution in [1.29, 1.82) is 0 Å². The zero-order valence-electron chi connectivity index (χ0n) is 19.1. The molecule has 0 saturated heterocycles. The molecule has 0 aromatic heterocycles. The number of carboxylic acid groups (broad SMARTS) is 1. The first-order chi connectivity index (χ1) is 14.5. The SMILES string of the molecule is CC(C)C(=O)OCCCC(=O)OC(OC(=O)NCC1(CC(=O)O)CCCCC1)C(C)C. The lowest BCUT2D eigenvalue weighted by molar-refractivity contribution is -0.175. The number of esters is 2. The Hall–Kier alpha value is -2.32. The second-order valence-electron chi connectivity index (χ2n) is 8.92. The molecule has 0 aromatic carbocycles. The summed E-state index contributed by atoms with van der Waals surface area (Å²) in [6, 6.07) is 0. The van der Waals surface area contributed by atoms with E-state index in [1.165, 1.54) is 0 Å². The summed E-state index contributed by atoms with van der Waals surface area (Å²) in [7, 11) is 0. The zero-order chi connectivity index (χ0) is 23.4. The first kappa shape index (κ1) is 26.7. The summed E-state index contributed by atoms with van der Waals surface area (Å²) in [5.41, 5.74) is -0.472. The average molecular weight is 444 g/mol. The molecule has 1 saturated carbocycles. The molecule has 9 heteroatoms. The molecule has 31 heavy (non-hydrogen) atoms. The Morgan fingerprint density at radius 2 is 1.65 bits per heavy atom. The molecular weight excluding hydrogens is 406 g/mol. The van der Waals surface area contributed by atoms with Gasteiger partial charge in [0.2, 0.25) is 0 Å². The predicted molar refractivity (Wildman–Crippen MR) is 112 cm³/mol. The van der Waals surface area contributed by atoms with Crippen molar-refractivity contribution < 1.29 is 38.5 Å². The van der Waals surface area contributed by atoms with E-state index in [9.17, 15) is 24.3 Å². The Balaban J connectivity index is 2.46. The van der Waals surface area contributed by atoms with E-state index < -0.39 is 29.7 Å². The van der Waals surface area contributed by atoms with Gasteiger partial charge in [-0.2, -0.15) is 0 Å². The smallest absolute Gasteiger partial charge is 0.410 e. The molecule has 0 radical (unpaired) electrons. The van der Waals surface area contributed by atoms with Gasteiger partial charge in [0.25, 0.3) is 6.29 Å². The van der Waals surface area contributed by atoms with Crippen LogP contribution in [-0.2, 0) is 28.6 Å². The van der Waals surface area contributed by atoms with Gasteiger partial charge in [-0.25, -0.2) is 4.79 Å². The van der Waals surface area contributed by atoms with Crippen molar-refractivity contribution in [3.63, 3.8) is 0 Å². The molecule has 0 aliphatic heterocycles. The third-order valence-corrected chi connectivity index (χ3v) is 5.30. The summed E-state index contributed by atoms with van der Waals surface area (Å²) in [5.74, 6) is -2.26. The molecule has 1 atom stereocenters. The summed E-state index contributed by atoms with van der Waals surface area (Å²) in [4.78, 5) is 47.0. The van der Waals surface area contributed by atoms with Crippen LogP contribution in [0, 0.1) is 17.3 Å². The summed E-state index contributed by atoms with van der Waals surface area (Å²) in [6.45, 7) is 7.28. The van der Waals surface area contributed by atoms with Gasteiger partial charge in [0.1, 0.15) is 0 Å². The maximum Gasteiger partial charge on any atom is 0.410 e. The maximum atomic E-state index is 12.3. The molecule has 1 unspecified atom stereocenters.